The highest BCUT2D eigenvalue weighted by molar-refractivity contribution is 7.99. The molecule has 33 heavy (non-hydrogen) atoms. The number of benzene rings is 3. The Morgan fingerprint density at radius 1 is 0.970 bits per heavy atom. The molecule has 1 N–H and O–H groups in total. The predicted octanol–water partition coefficient (Wildman–Crippen LogP) is 4.19. The van der Waals surface area contributed by atoms with Crippen molar-refractivity contribution in [3.05, 3.63) is 88.7 Å². The van der Waals surface area contributed by atoms with Gasteiger partial charge in [-0.15, -0.1) is 0 Å². The first-order valence-corrected chi connectivity index (χ1v) is 11.3. The van der Waals surface area contributed by atoms with Crippen LogP contribution in [0.15, 0.2) is 82.7 Å². The van der Waals surface area contributed by atoms with E-state index in [0.717, 1.165) is 11.3 Å². The average molecular weight is 462 g/mol. The van der Waals surface area contributed by atoms with Gasteiger partial charge in [-0.25, -0.2) is 4.98 Å². The van der Waals surface area contributed by atoms with E-state index in [1.807, 2.05) is 48.5 Å². The number of carbonyl (C=O) groups is 1. The molecule has 1 heterocycles. The topological polar surface area (TPSA) is 82.4 Å². The number of aromatic nitrogens is 2. The van der Waals surface area contributed by atoms with E-state index in [0.29, 0.717) is 34.0 Å². The minimum Gasteiger partial charge on any atom is -0.497 e. The number of thioether (sulfide) groups is 1. The smallest absolute Gasteiger partial charge is 0.262 e. The SMILES string of the molecule is COc1ccc(Cn2c(SCC(=O)Nc3ccccc3OC)nc3ccccc3c2=O)cc1. The van der Waals surface area contributed by atoms with Crippen LogP contribution in [0.5, 0.6) is 11.5 Å². The van der Waals surface area contributed by atoms with Crippen LogP contribution in [-0.2, 0) is 11.3 Å². The van der Waals surface area contributed by atoms with Gasteiger partial charge in [0, 0.05) is 0 Å². The second-order valence-corrected chi connectivity index (χ2v) is 8.13. The molecule has 7 nitrogen and oxygen atoms in total. The maximum absolute atomic E-state index is 13.3. The zero-order chi connectivity index (χ0) is 23.2. The molecule has 0 saturated carbocycles. The Kier molecular flexibility index (Phi) is 6.95. The Bertz CT molecular complexity index is 1340. The Morgan fingerprint density at radius 3 is 2.45 bits per heavy atom. The van der Waals surface area contributed by atoms with Crippen molar-refractivity contribution in [1.29, 1.82) is 0 Å². The molecule has 0 aliphatic carbocycles. The summed E-state index contributed by atoms with van der Waals surface area (Å²) in [5.74, 6) is 1.19. The number of anilines is 1. The Hall–Kier alpha value is -3.78. The van der Waals surface area contributed by atoms with Crippen LogP contribution in [-0.4, -0.2) is 35.4 Å². The maximum Gasteiger partial charge on any atom is 0.262 e. The van der Waals surface area contributed by atoms with Gasteiger partial charge in [0.05, 0.1) is 43.1 Å². The predicted molar refractivity (Wildman–Crippen MR) is 130 cm³/mol. The molecule has 4 rings (SSSR count). The second-order valence-electron chi connectivity index (χ2n) is 7.19. The highest BCUT2D eigenvalue weighted by Gasteiger charge is 2.15. The van der Waals surface area contributed by atoms with Crippen LogP contribution in [0.2, 0.25) is 0 Å². The fourth-order valence-corrected chi connectivity index (χ4v) is 4.17. The van der Waals surface area contributed by atoms with E-state index in [1.165, 1.54) is 11.8 Å². The van der Waals surface area contributed by atoms with Gasteiger partial charge < -0.3 is 14.8 Å². The first-order chi connectivity index (χ1) is 16.1. The first kappa shape index (κ1) is 22.4. The van der Waals surface area contributed by atoms with Crippen molar-refractivity contribution >= 4 is 34.3 Å². The number of ether oxygens (including phenoxy) is 2. The number of rotatable bonds is 8. The molecule has 0 saturated heterocycles. The molecular formula is C25H23N3O4S. The fourth-order valence-electron chi connectivity index (χ4n) is 3.38. The summed E-state index contributed by atoms with van der Waals surface area (Å²) in [5.41, 5.74) is 1.97. The Labute approximate surface area is 195 Å². The molecule has 0 radical (unpaired) electrons. The zero-order valence-electron chi connectivity index (χ0n) is 18.3. The Balaban J connectivity index is 1.60. The molecule has 0 bridgehead atoms. The lowest BCUT2D eigenvalue weighted by Crippen LogP contribution is -2.25. The number of carbonyl (C=O) groups excluding carboxylic acids is 1. The van der Waals surface area contributed by atoms with Gasteiger partial charge in [0.2, 0.25) is 5.91 Å². The quantitative estimate of drug-likeness (QED) is 0.313. The third-order valence-electron chi connectivity index (χ3n) is 5.04. The average Bonchev–Trinajstić information content (AvgIpc) is 2.85. The molecule has 0 unspecified atom stereocenters. The number of fused-ring (bicyclic) bond motifs is 1. The molecule has 0 aliphatic heterocycles. The summed E-state index contributed by atoms with van der Waals surface area (Å²) in [5, 5.41) is 3.86. The summed E-state index contributed by atoms with van der Waals surface area (Å²) in [6, 6.07) is 21.9. The van der Waals surface area contributed by atoms with Gasteiger partial charge in [-0.05, 0) is 42.0 Å². The maximum atomic E-state index is 13.3. The van der Waals surface area contributed by atoms with E-state index in [-0.39, 0.29) is 17.2 Å². The van der Waals surface area contributed by atoms with E-state index in [2.05, 4.69) is 10.3 Å². The monoisotopic (exact) mass is 461 g/mol. The first-order valence-electron chi connectivity index (χ1n) is 10.3. The van der Waals surface area contributed by atoms with Gasteiger partial charge in [0.15, 0.2) is 5.16 Å². The van der Waals surface area contributed by atoms with Crippen molar-refractivity contribution < 1.29 is 14.3 Å². The summed E-state index contributed by atoms with van der Waals surface area (Å²) in [4.78, 5) is 30.6. The highest BCUT2D eigenvalue weighted by Crippen LogP contribution is 2.24. The number of para-hydroxylation sites is 3. The largest absolute Gasteiger partial charge is 0.497 e. The summed E-state index contributed by atoms with van der Waals surface area (Å²) in [6.45, 7) is 0.330. The van der Waals surface area contributed by atoms with Crippen molar-refractivity contribution in [2.45, 2.75) is 11.7 Å². The summed E-state index contributed by atoms with van der Waals surface area (Å²) in [6.07, 6.45) is 0. The molecule has 0 atom stereocenters. The minimum atomic E-state index is -0.220. The van der Waals surface area contributed by atoms with Gasteiger partial charge >= 0.3 is 0 Å². The molecule has 1 amide bonds. The van der Waals surface area contributed by atoms with Crippen LogP contribution in [0, 0.1) is 0 Å². The van der Waals surface area contributed by atoms with Gasteiger partial charge in [-0.3, -0.25) is 14.2 Å². The van der Waals surface area contributed by atoms with E-state index in [9.17, 15) is 9.59 Å². The van der Waals surface area contributed by atoms with Gasteiger partial charge in [0.1, 0.15) is 11.5 Å². The number of nitrogens with one attached hydrogen (secondary N) is 1. The lowest BCUT2D eigenvalue weighted by molar-refractivity contribution is -0.113. The third kappa shape index (κ3) is 5.18. The van der Waals surface area contributed by atoms with Crippen LogP contribution in [0.25, 0.3) is 10.9 Å². The molecule has 3 aromatic carbocycles. The minimum absolute atomic E-state index is 0.0887. The van der Waals surface area contributed by atoms with Crippen LogP contribution >= 0.6 is 11.8 Å². The van der Waals surface area contributed by atoms with Crippen molar-refractivity contribution in [1.82, 2.24) is 9.55 Å². The van der Waals surface area contributed by atoms with Crippen LogP contribution in [0.3, 0.4) is 0 Å². The van der Waals surface area contributed by atoms with Crippen molar-refractivity contribution in [2.24, 2.45) is 0 Å². The normalized spacial score (nSPS) is 10.7. The van der Waals surface area contributed by atoms with Crippen molar-refractivity contribution in [3.63, 3.8) is 0 Å². The highest BCUT2D eigenvalue weighted by atomic mass is 32.2. The van der Waals surface area contributed by atoms with Crippen LogP contribution in [0.1, 0.15) is 5.56 Å². The van der Waals surface area contributed by atoms with Crippen molar-refractivity contribution in [2.75, 3.05) is 25.3 Å². The Morgan fingerprint density at radius 2 is 1.70 bits per heavy atom. The number of hydrogen-bond acceptors (Lipinski definition) is 6. The lowest BCUT2D eigenvalue weighted by atomic mass is 10.2. The van der Waals surface area contributed by atoms with E-state index in [1.54, 1.807) is 43.1 Å². The zero-order valence-corrected chi connectivity index (χ0v) is 19.1. The summed E-state index contributed by atoms with van der Waals surface area (Å²) >= 11 is 1.22. The number of nitrogens with zero attached hydrogens (tertiary/aromatic N) is 2. The number of amides is 1. The lowest BCUT2D eigenvalue weighted by Gasteiger charge is -2.14. The van der Waals surface area contributed by atoms with Gasteiger partial charge in [-0.2, -0.15) is 0 Å². The standard InChI is InChI=1S/C25H23N3O4S/c1-31-18-13-11-17(12-14-18)15-28-24(30)19-7-3-4-8-20(19)27-25(28)33-16-23(29)26-21-9-5-6-10-22(21)32-2/h3-14H,15-16H2,1-2H3,(H,26,29). The van der Waals surface area contributed by atoms with Crippen LogP contribution in [0.4, 0.5) is 5.69 Å². The van der Waals surface area contributed by atoms with Gasteiger partial charge in [-0.1, -0.05) is 48.2 Å². The number of hydrogen-bond donors (Lipinski definition) is 1. The molecule has 4 aromatic rings. The number of methoxy groups -OCH3 is 2. The molecule has 0 aliphatic rings. The fraction of sp³-hybridized carbons (Fsp3) is 0.160. The molecule has 1 aromatic heterocycles. The third-order valence-corrected chi connectivity index (χ3v) is 6.02. The molecular weight excluding hydrogens is 438 g/mol. The summed E-state index contributed by atoms with van der Waals surface area (Å²) < 4.78 is 12.1. The van der Waals surface area contributed by atoms with E-state index < -0.39 is 0 Å². The molecule has 168 valence electrons. The van der Waals surface area contributed by atoms with Crippen LogP contribution < -0.4 is 20.3 Å². The summed E-state index contributed by atoms with van der Waals surface area (Å²) in [7, 11) is 3.16. The van der Waals surface area contributed by atoms with Gasteiger partial charge in [0.25, 0.3) is 5.56 Å². The molecule has 8 heteroatoms. The molecule has 0 fully saturated rings. The molecule has 0 spiro atoms. The van der Waals surface area contributed by atoms with Crippen molar-refractivity contribution in [3.8, 4) is 11.5 Å². The van der Waals surface area contributed by atoms with E-state index >= 15 is 0 Å². The second kappa shape index (κ2) is 10.2. The van der Waals surface area contributed by atoms with E-state index in [4.69, 9.17) is 9.47 Å².